The van der Waals surface area contributed by atoms with E-state index < -0.39 is 11.6 Å². The summed E-state index contributed by atoms with van der Waals surface area (Å²) in [4.78, 5) is 21.6. The Bertz CT molecular complexity index is 1590. The van der Waals surface area contributed by atoms with Gasteiger partial charge < -0.3 is 19.5 Å². The third-order valence-electron chi connectivity index (χ3n) is 7.42. The first kappa shape index (κ1) is 27.3. The van der Waals surface area contributed by atoms with Crippen LogP contribution < -0.4 is 9.64 Å². The molecule has 2 heterocycles. The van der Waals surface area contributed by atoms with Gasteiger partial charge in [0, 0.05) is 46.3 Å². The molecule has 0 unspecified atom stereocenters. The number of carbonyl (C=O) groups is 1. The molecule has 0 saturated heterocycles. The van der Waals surface area contributed by atoms with Crippen LogP contribution in [0.5, 0.6) is 5.75 Å². The average Bonchev–Trinajstić information content (AvgIpc) is 3.36. The molecule has 0 aromatic heterocycles. The molecule has 4 aromatic carbocycles. The molecule has 0 bridgehead atoms. The molecule has 41 heavy (non-hydrogen) atoms. The topological polar surface area (TPSA) is 71.4 Å². The van der Waals surface area contributed by atoms with Crippen LogP contribution in [0.15, 0.2) is 102 Å². The van der Waals surface area contributed by atoms with Crippen LogP contribution in [0.4, 0.5) is 5.69 Å². The van der Waals surface area contributed by atoms with Gasteiger partial charge in [-0.25, -0.2) is 4.99 Å². The van der Waals surface area contributed by atoms with Crippen molar-refractivity contribution in [2.24, 2.45) is 4.99 Å². The smallest absolute Gasteiger partial charge is 0.259 e. The Kier molecular flexibility index (Phi) is 7.71. The highest BCUT2D eigenvalue weighted by Crippen LogP contribution is 2.49. The third-order valence-corrected chi connectivity index (χ3v) is 7.99. The van der Waals surface area contributed by atoms with Crippen LogP contribution in [0.25, 0.3) is 0 Å². The van der Waals surface area contributed by atoms with Gasteiger partial charge in [0.15, 0.2) is 11.6 Å². The minimum Gasteiger partial charge on any atom is -0.494 e. The molecule has 2 atom stereocenters. The number of aliphatic imine (C=N–C) groups is 1. The van der Waals surface area contributed by atoms with Gasteiger partial charge in [0.2, 0.25) is 5.90 Å². The molecular formula is C33H28Cl2N2O4. The summed E-state index contributed by atoms with van der Waals surface area (Å²) in [5.41, 5.74) is 2.94. The van der Waals surface area contributed by atoms with E-state index in [0.29, 0.717) is 58.8 Å². The van der Waals surface area contributed by atoms with E-state index in [2.05, 4.69) is 0 Å². The zero-order chi connectivity index (χ0) is 28.4. The second-order valence-corrected chi connectivity index (χ2v) is 11.0. The maximum atomic E-state index is 14.7. The number of nitrogens with zero attached hydrogens (tertiary/aromatic N) is 2. The maximum Gasteiger partial charge on any atom is 0.259 e. The van der Waals surface area contributed by atoms with E-state index in [-0.39, 0.29) is 12.5 Å². The first-order chi connectivity index (χ1) is 20.0. The van der Waals surface area contributed by atoms with E-state index in [1.54, 1.807) is 17.0 Å². The van der Waals surface area contributed by atoms with Crippen molar-refractivity contribution in [3.63, 3.8) is 0 Å². The summed E-state index contributed by atoms with van der Waals surface area (Å²) < 4.78 is 12.3. The molecule has 8 heteroatoms. The van der Waals surface area contributed by atoms with Crippen molar-refractivity contribution in [3.05, 3.63) is 129 Å². The van der Waals surface area contributed by atoms with Crippen LogP contribution in [0, 0.1) is 0 Å². The molecule has 1 N–H and O–H groups in total. The minimum absolute atomic E-state index is 0.0674. The molecular weight excluding hydrogens is 559 g/mol. The minimum atomic E-state index is -1.29. The van der Waals surface area contributed by atoms with E-state index >= 15 is 0 Å². The number of carbonyl (C=O) groups excluding carboxylic acids is 1. The number of halogens is 2. The monoisotopic (exact) mass is 586 g/mol. The van der Waals surface area contributed by atoms with Gasteiger partial charge in [-0.2, -0.15) is 0 Å². The second kappa shape index (κ2) is 11.6. The fourth-order valence-electron chi connectivity index (χ4n) is 5.44. The molecule has 2 aliphatic rings. The predicted octanol–water partition coefficient (Wildman–Crippen LogP) is 6.80. The van der Waals surface area contributed by atoms with Gasteiger partial charge in [-0.3, -0.25) is 4.79 Å². The summed E-state index contributed by atoms with van der Waals surface area (Å²) in [5, 5.41) is 9.93. The van der Waals surface area contributed by atoms with Crippen molar-refractivity contribution in [2.75, 3.05) is 18.1 Å². The van der Waals surface area contributed by atoms with E-state index in [9.17, 15) is 4.79 Å². The first-order valence-electron chi connectivity index (χ1n) is 13.5. The van der Waals surface area contributed by atoms with Gasteiger partial charge in [0.25, 0.3) is 5.91 Å². The number of rotatable bonds is 8. The maximum absolute atomic E-state index is 14.7. The summed E-state index contributed by atoms with van der Waals surface area (Å²) in [6, 6.07) is 30.4. The number of aliphatic hydroxyl groups excluding tert-OH is 1. The number of fused-ring (bicyclic) bond motifs is 1. The molecule has 0 saturated carbocycles. The fraction of sp³-hybridized carbons (Fsp3) is 0.212. The zero-order valence-corrected chi connectivity index (χ0v) is 23.7. The standard InChI is InChI=1S/C33H28Cl2N2O4/c34-25-13-16-27(28(35)19-25)30-33(36-31(41-30)23-11-14-26(15-12-23)40-18-6-17-38)20-24-9-4-5-10-29(24)37(32(33)39)21-22-7-2-1-3-8-22/h1-5,7-16,19,30,38H,6,17-18,20-21H2/t30-,33-/m0/s1. The van der Waals surface area contributed by atoms with Crippen molar-refractivity contribution in [2.45, 2.75) is 31.0 Å². The Morgan fingerprint density at radius 2 is 1.73 bits per heavy atom. The van der Waals surface area contributed by atoms with Gasteiger partial charge in [-0.15, -0.1) is 0 Å². The summed E-state index contributed by atoms with van der Waals surface area (Å²) in [5.74, 6) is 0.870. The quantitative estimate of drug-likeness (QED) is 0.230. The Morgan fingerprint density at radius 3 is 2.49 bits per heavy atom. The Labute approximate surface area is 248 Å². The average molecular weight is 588 g/mol. The Hall–Kier alpha value is -3.84. The van der Waals surface area contributed by atoms with Gasteiger partial charge in [0.1, 0.15) is 5.75 Å². The highest BCUT2D eigenvalue weighted by Gasteiger charge is 2.57. The van der Waals surface area contributed by atoms with Gasteiger partial charge in [-0.05, 0) is 53.6 Å². The van der Waals surface area contributed by atoms with Crippen molar-refractivity contribution >= 4 is 40.7 Å². The lowest BCUT2D eigenvalue weighted by molar-refractivity contribution is -0.126. The summed E-state index contributed by atoms with van der Waals surface area (Å²) >= 11 is 13.0. The highest BCUT2D eigenvalue weighted by molar-refractivity contribution is 6.35. The summed E-state index contributed by atoms with van der Waals surface area (Å²) in [6.07, 6.45) is 0.122. The van der Waals surface area contributed by atoms with Gasteiger partial charge in [0.05, 0.1) is 13.2 Å². The predicted molar refractivity (Wildman–Crippen MR) is 161 cm³/mol. The molecule has 2 aliphatic heterocycles. The van der Waals surface area contributed by atoms with Gasteiger partial charge in [-0.1, -0.05) is 77.8 Å². The fourth-order valence-corrected chi connectivity index (χ4v) is 5.95. The number of ether oxygens (including phenoxy) is 2. The second-order valence-electron chi connectivity index (χ2n) is 10.1. The molecule has 6 rings (SSSR count). The summed E-state index contributed by atoms with van der Waals surface area (Å²) in [7, 11) is 0. The number of hydrogen-bond donors (Lipinski definition) is 1. The van der Waals surface area contributed by atoms with Crippen molar-refractivity contribution in [1.82, 2.24) is 0 Å². The largest absolute Gasteiger partial charge is 0.494 e. The molecule has 4 aromatic rings. The number of amides is 1. The lowest BCUT2D eigenvalue weighted by Gasteiger charge is -2.41. The van der Waals surface area contributed by atoms with E-state index in [0.717, 1.165) is 16.8 Å². The van der Waals surface area contributed by atoms with Crippen molar-refractivity contribution < 1.29 is 19.4 Å². The van der Waals surface area contributed by atoms with Crippen molar-refractivity contribution in [1.29, 1.82) is 0 Å². The molecule has 208 valence electrons. The molecule has 1 amide bonds. The Balaban J connectivity index is 1.45. The lowest BCUT2D eigenvalue weighted by Crippen LogP contribution is -2.55. The van der Waals surface area contributed by atoms with Crippen LogP contribution in [-0.2, 0) is 22.5 Å². The molecule has 1 spiro atoms. The SMILES string of the molecule is O=C1N(Cc2ccccc2)c2ccccc2C[C@@]12N=C(c1ccc(OCCCO)cc1)O[C@H]2c1ccc(Cl)cc1Cl. The van der Waals surface area contributed by atoms with E-state index in [1.165, 1.54) is 0 Å². The number of aliphatic hydroxyl groups is 1. The zero-order valence-electron chi connectivity index (χ0n) is 22.2. The number of anilines is 1. The van der Waals surface area contributed by atoms with Gasteiger partial charge >= 0.3 is 0 Å². The van der Waals surface area contributed by atoms with Crippen LogP contribution >= 0.6 is 23.2 Å². The molecule has 0 aliphatic carbocycles. The highest BCUT2D eigenvalue weighted by atomic mass is 35.5. The molecule has 0 radical (unpaired) electrons. The third kappa shape index (κ3) is 5.31. The first-order valence-corrected chi connectivity index (χ1v) is 14.2. The van der Waals surface area contributed by atoms with Crippen LogP contribution in [0.2, 0.25) is 10.0 Å². The normalized spacial score (nSPS) is 19.6. The van der Waals surface area contributed by atoms with Crippen LogP contribution in [0.1, 0.15) is 34.8 Å². The van der Waals surface area contributed by atoms with Crippen LogP contribution in [0.3, 0.4) is 0 Å². The number of benzene rings is 4. The number of hydrogen-bond acceptors (Lipinski definition) is 5. The summed E-state index contributed by atoms with van der Waals surface area (Å²) in [6.45, 7) is 0.876. The molecule has 0 fully saturated rings. The lowest BCUT2D eigenvalue weighted by atomic mass is 9.78. The molecule has 6 nitrogen and oxygen atoms in total. The van der Waals surface area contributed by atoms with Crippen LogP contribution in [-0.4, -0.2) is 35.7 Å². The Morgan fingerprint density at radius 1 is 0.976 bits per heavy atom. The number of para-hydroxylation sites is 1. The van der Waals surface area contributed by atoms with E-state index in [1.807, 2.05) is 84.9 Å². The van der Waals surface area contributed by atoms with E-state index in [4.69, 9.17) is 42.8 Å². The van der Waals surface area contributed by atoms with Crippen molar-refractivity contribution in [3.8, 4) is 5.75 Å².